The molecule has 1 heterocycles. The van der Waals surface area contributed by atoms with Crippen molar-refractivity contribution in [2.75, 3.05) is 6.61 Å². The van der Waals surface area contributed by atoms with E-state index >= 15 is 0 Å². The highest BCUT2D eigenvalue weighted by atomic mass is 79.9. The highest BCUT2D eigenvalue weighted by Gasteiger charge is 2.23. The minimum absolute atomic E-state index is 0.0505. The molecule has 0 amide bonds. The molecule has 0 aliphatic rings. The summed E-state index contributed by atoms with van der Waals surface area (Å²) in [7, 11) is 0.754. The molecule has 1 aromatic heterocycles. The summed E-state index contributed by atoms with van der Waals surface area (Å²) in [6, 6.07) is 0. The Bertz CT molecular complexity index is 510. The van der Waals surface area contributed by atoms with Crippen molar-refractivity contribution >= 4 is 53.3 Å². The fourth-order valence-corrected chi connectivity index (χ4v) is 3.06. The van der Waals surface area contributed by atoms with Crippen LogP contribution >= 0.6 is 37.9 Å². The molecule has 0 spiro atoms. The van der Waals surface area contributed by atoms with Gasteiger partial charge in [-0.05, 0) is 22.4 Å². The Morgan fingerprint density at radius 3 is 2.76 bits per heavy atom. The lowest BCUT2D eigenvalue weighted by Crippen LogP contribution is -2.08. The first kappa shape index (κ1) is 14.7. The minimum Gasteiger partial charge on any atom is -0.461 e. The summed E-state index contributed by atoms with van der Waals surface area (Å²) in [5, 5.41) is 1.51. The number of hydrogen-bond acceptors (Lipinski definition) is 6. The van der Waals surface area contributed by atoms with Gasteiger partial charge < -0.3 is 8.92 Å². The molecule has 17 heavy (non-hydrogen) atoms. The normalized spacial score (nSPS) is 11.2. The lowest BCUT2D eigenvalue weighted by atomic mass is 10.4. The first-order valence-electron chi connectivity index (χ1n) is 4.43. The number of halogens is 2. The van der Waals surface area contributed by atoms with Crippen LogP contribution in [-0.4, -0.2) is 21.0 Å². The molecule has 0 aliphatic carbocycles. The summed E-state index contributed by atoms with van der Waals surface area (Å²) < 4.78 is 31.3. The number of ether oxygens (including phenoxy) is 1. The second kappa shape index (κ2) is 6.03. The van der Waals surface area contributed by atoms with Crippen LogP contribution in [0.5, 0.6) is 5.75 Å². The largest absolute Gasteiger partial charge is 0.461 e. The number of esters is 1. The van der Waals surface area contributed by atoms with E-state index in [0.29, 0.717) is 10.9 Å². The van der Waals surface area contributed by atoms with Gasteiger partial charge in [0.1, 0.15) is 0 Å². The fraction of sp³-hybridized carbons (Fsp3) is 0.375. The van der Waals surface area contributed by atoms with Crippen LogP contribution in [0.2, 0.25) is 0 Å². The maximum absolute atomic E-state index is 11.6. The zero-order chi connectivity index (χ0) is 13.1. The van der Waals surface area contributed by atoms with Crippen molar-refractivity contribution in [1.82, 2.24) is 0 Å². The second-order valence-corrected chi connectivity index (χ2v) is 6.68. The van der Waals surface area contributed by atoms with E-state index in [1.807, 2.05) is 6.92 Å². The van der Waals surface area contributed by atoms with Crippen LogP contribution in [0.15, 0.2) is 9.85 Å². The molecule has 0 radical (unpaired) electrons. The van der Waals surface area contributed by atoms with Crippen molar-refractivity contribution in [2.24, 2.45) is 0 Å². The van der Waals surface area contributed by atoms with E-state index in [1.54, 1.807) is 0 Å². The molecular weight excluding hydrogens is 356 g/mol. The van der Waals surface area contributed by atoms with Crippen LogP contribution in [0.25, 0.3) is 0 Å². The van der Waals surface area contributed by atoms with Crippen molar-refractivity contribution in [2.45, 2.75) is 13.3 Å². The fourth-order valence-electron chi connectivity index (χ4n) is 0.904. The Balaban J connectivity index is 2.97. The Morgan fingerprint density at radius 2 is 2.24 bits per heavy atom. The summed E-state index contributed by atoms with van der Waals surface area (Å²) in [6.07, 6.45) is 0.669. The predicted molar refractivity (Wildman–Crippen MR) is 68.0 cm³/mol. The van der Waals surface area contributed by atoms with E-state index in [0.717, 1.165) is 11.3 Å². The highest BCUT2D eigenvalue weighted by molar-refractivity contribution is 9.10. The summed E-state index contributed by atoms with van der Waals surface area (Å²) in [6.45, 7) is 2.10. The first-order chi connectivity index (χ1) is 7.85. The zero-order valence-electron chi connectivity index (χ0n) is 8.61. The Morgan fingerprint density at radius 1 is 1.59 bits per heavy atom. The second-order valence-electron chi connectivity index (χ2n) is 2.85. The van der Waals surface area contributed by atoms with Crippen LogP contribution in [0.4, 0.5) is 0 Å². The number of thiophene rings is 1. The maximum Gasteiger partial charge on any atom is 0.401 e. The number of carbonyl (C=O) groups is 1. The van der Waals surface area contributed by atoms with Crippen LogP contribution in [0, 0.1) is 0 Å². The maximum atomic E-state index is 11.6. The quantitative estimate of drug-likeness (QED) is 0.594. The van der Waals surface area contributed by atoms with Gasteiger partial charge in [0.2, 0.25) is 0 Å². The average Bonchev–Trinajstić information content (AvgIpc) is 2.55. The van der Waals surface area contributed by atoms with Gasteiger partial charge in [0.05, 0.1) is 21.8 Å². The molecule has 5 nitrogen and oxygen atoms in total. The van der Waals surface area contributed by atoms with E-state index < -0.39 is 15.3 Å². The lowest BCUT2D eigenvalue weighted by Gasteiger charge is -2.04. The molecule has 0 saturated carbocycles. The Labute approximate surface area is 115 Å². The molecule has 0 N–H and O–H groups in total. The summed E-state index contributed by atoms with van der Waals surface area (Å²) in [5.41, 5.74) is 0. The van der Waals surface area contributed by atoms with Crippen molar-refractivity contribution in [1.29, 1.82) is 0 Å². The molecule has 0 saturated heterocycles. The van der Waals surface area contributed by atoms with Gasteiger partial charge in [-0.1, -0.05) is 6.92 Å². The molecular formula is C8H8BrClO5S2. The molecule has 1 rings (SSSR count). The minimum atomic E-state index is -4.20. The van der Waals surface area contributed by atoms with Crippen molar-refractivity contribution in [3.05, 3.63) is 14.7 Å². The highest BCUT2D eigenvalue weighted by Crippen LogP contribution is 2.36. The van der Waals surface area contributed by atoms with E-state index in [-0.39, 0.29) is 17.2 Å². The van der Waals surface area contributed by atoms with E-state index in [9.17, 15) is 13.2 Å². The lowest BCUT2D eigenvalue weighted by molar-refractivity contribution is 0.0509. The summed E-state index contributed by atoms with van der Waals surface area (Å²) >= 11 is 4.07. The molecule has 0 aliphatic heterocycles. The molecule has 0 fully saturated rings. The van der Waals surface area contributed by atoms with E-state index in [1.165, 1.54) is 5.38 Å². The number of hydrogen-bond donors (Lipinski definition) is 0. The number of rotatable bonds is 5. The summed E-state index contributed by atoms with van der Waals surface area (Å²) in [5.74, 6) is -0.788. The molecule has 1 aromatic rings. The van der Waals surface area contributed by atoms with Crippen LogP contribution in [-0.2, 0) is 14.1 Å². The van der Waals surface area contributed by atoms with Gasteiger partial charge in [-0.3, -0.25) is 0 Å². The average molecular weight is 364 g/mol. The third-order valence-corrected chi connectivity index (χ3v) is 3.90. The zero-order valence-corrected chi connectivity index (χ0v) is 12.6. The Kier molecular flexibility index (Phi) is 5.23. The van der Waals surface area contributed by atoms with Gasteiger partial charge in [0.15, 0.2) is 10.6 Å². The molecule has 96 valence electrons. The topological polar surface area (TPSA) is 69.7 Å². The van der Waals surface area contributed by atoms with Gasteiger partial charge in [0, 0.05) is 5.38 Å². The van der Waals surface area contributed by atoms with Crippen LogP contribution in [0.1, 0.15) is 23.0 Å². The third-order valence-electron chi connectivity index (χ3n) is 1.51. The van der Waals surface area contributed by atoms with Gasteiger partial charge in [0.25, 0.3) is 0 Å². The van der Waals surface area contributed by atoms with E-state index in [2.05, 4.69) is 20.1 Å². The van der Waals surface area contributed by atoms with Gasteiger partial charge >= 0.3 is 15.3 Å². The molecule has 0 unspecified atom stereocenters. The summed E-state index contributed by atoms with van der Waals surface area (Å²) in [4.78, 5) is 11.6. The molecule has 0 atom stereocenters. The van der Waals surface area contributed by atoms with Crippen LogP contribution < -0.4 is 4.18 Å². The van der Waals surface area contributed by atoms with Gasteiger partial charge in [-0.2, -0.15) is 8.42 Å². The monoisotopic (exact) mass is 362 g/mol. The Hall–Kier alpha value is -0.310. The first-order valence-corrected chi connectivity index (χ1v) is 8.34. The SMILES string of the molecule is CCCOC(=O)c1scc(Br)c1OS(=O)(=O)Cl. The standard InChI is InChI=1S/C8H8BrClO5S2/c1-2-3-14-8(11)7-6(5(9)4-16-7)15-17(10,12)13/h4H,2-3H2,1H3. The van der Waals surface area contributed by atoms with Crippen LogP contribution in [0.3, 0.4) is 0 Å². The van der Waals surface area contributed by atoms with E-state index in [4.69, 9.17) is 15.4 Å². The van der Waals surface area contributed by atoms with Crippen molar-refractivity contribution in [3.8, 4) is 5.75 Å². The molecule has 9 heteroatoms. The molecule has 0 aromatic carbocycles. The van der Waals surface area contributed by atoms with Crippen molar-refractivity contribution in [3.63, 3.8) is 0 Å². The predicted octanol–water partition coefficient (Wildman–Crippen LogP) is 2.94. The number of carbonyl (C=O) groups excluding carboxylic acids is 1. The van der Waals surface area contributed by atoms with Crippen molar-refractivity contribution < 1.29 is 22.1 Å². The smallest absolute Gasteiger partial charge is 0.401 e. The molecule has 0 bridgehead atoms. The third kappa shape index (κ3) is 4.46. The van der Waals surface area contributed by atoms with Gasteiger partial charge in [-0.15, -0.1) is 11.3 Å². The van der Waals surface area contributed by atoms with Gasteiger partial charge in [-0.25, -0.2) is 4.79 Å².